The number of hydrogen-bond acceptors (Lipinski definition) is 5. The first-order chi connectivity index (χ1) is 9.52. The number of benzene rings is 1. The summed E-state index contributed by atoms with van der Waals surface area (Å²) in [6, 6.07) is 3.96. The van der Waals surface area contributed by atoms with E-state index in [-0.39, 0.29) is 18.2 Å². The Hall–Kier alpha value is -2.37. The largest absolute Gasteiger partial charge is 0.461 e. The van der Waals surface area contributed by atoms with Crippen LogP contribution in [-0.4, -0.2) is 28.0 Å². The molecular formula is C14H17N3O3. The number of nitrogens with zero attached hydrogens (tertiary/aromatic N) is 2. The first-order valence-corrected chi connectivity index (χ1v) is 6.36. The highest BCUT2D eigenvalue weighted by Crippen LogP contribution is 2.28. The molecule has 0 aliphatic heterocycles. The molecule has 0 bridgehead atoms. The smallest absolute Gasteiger partial charge is 0.362 e. The fraction of sp³-hybridized carbons (Fsp3) is 0.357. The van der Waals surface area contributed by atoms with Crippen molar-refractivity contribution in [3.63, 3.8) is 0 Å². The lowest BCUT2D eigenvalue weighted by Crippen LogP contribution is -2.07. The fourth-order valence-corrected chi connectivity index (χ4v) is 1.84. The molecule has 2 rings (SSSR count). The topological polar surface area (TPSA) is 77.1 Å². The lowest BCUT2D eigenvalue weighted by Gasteiger charge is -2.10. The molecule has 106 valence electrons. The Morgan fingerprint density at radius 2 is 2.05 bits per heavy atom. The van der Waals surface area contributed by atoms with Crippen LogP contribution >= 0.6 is 0 Å². The van der Waals surface area contributed by atoms with Crippen molar-refractivity contribution in [2.45, 2.75) is 27.7 Å². The van der Waals surface area contributed by atoms with Gasteiger partial charge in [-0.3, -0.25) is 0 Å². The molecule has 1 aromatic carbocycles. The number of nitrogens with one attached hydrogen (secondary N) is 1. The van der Waals surface area contributed by atoms with Crippen LogP contribution in [0.5, 0.6) is 11.6 Å². The highest BCUT2D eigenvalue weighted by Gasteiger charge is 2.19. The summed E-state index contributed by atoms with van der Waals surface area (Å²) in [4.78, 5) is 11.7. The van der Waals surface area contributed by atoms with Crippen molar-refractivity contribution in [1.29, 1.82) is 0 Å². The maximum absolute atomic E-state index is 11.7. The number of carbonyl (C=O) groups is 1. The van der Waals surface area contributed by atoms with E-state index < -0.39 is 5.97 Å². The second-order valence-corrected chi connectivity index (χ2v) is 4.52. The number of hydrogen-bond donors (Lipinski definition) is 1. The van der Waals surface area contributed by atoms with Crippen molar-refractivity contribution in [2.24, 2.45) is 0 Å². The van der Waals surface area contributed by atoms with Crippen molar-refractivity contribution in [1.82, 2.24) is 15.4 Å². The zero-order chi connectivity index (χ0) is 14.7. The van der Waals surface area contributed by atoms with Gasteiger partial charge in [-0.2, -0.15) is 0 Å². The van der Waals surface area contributed by atoms with Crippen molar-refractivity contribution in [3.05, 3.63) is 34.5 Å². The van der Waals surface area contributed by atoms with E-state index in [1.165, 1.54) is 0 Å². The summed E-state index contributed by atoms with van der Waals surface area (Å²) in [7, 11) is 0. The second-order valence-electron chi connectivity index (χ2n) is 4.52. The zero-order valence-corrected chi connectivity index (χ0v) is 12.0. The molecule has 1 heterocycles. The van der Waals surface area contributed by atoms with E-state index in [9.17, 15) is 4.79 Å². The lowest BCUT2D eigenvalue weighted by molar-refractivity contribution is 0.0516. The summed E-state index contributed by atoms with van der Waals surface area (Å²) >= 11 is 0. The average molecular weight is 275 g/mol. The van der Waals surface area contributed by atoms with E-state index in [1.807, 2.05) is 26.8 Å². The Morgan fingerprint density at radius 3 is 2.75 bits per heavy atom. The van der Waals surface area contributed by atoms with Crippen LogP contribution in [0.15, 0.2) is 12.1 Å². The molecule has 0 radical (unpaired) electrons. The number of aromatic amines is 1. The van der Waals surface area contributed by atoms with E-state index in [0.29, 0.717) is 5.75 Å². The molecule has 0 spiro atoms. The summed E-state index contributed by atoms with van der Waals surface area (Å²) in [6.07, 6.45) is 0. The summed E-state index contributed by atoms with van der Waals surface area (Å²) < 4.78 is 10.6. The van der Waals surface area contributed by atoms with Gasteiger partial charge in [0.2, 0.25) is 5.69 Å². The van der Waals surface area contributed by atoms with Gasteiger partial charge in [0.15, 0.2) is 0 Å². The number of esters is 1. The van der Waals surface area contributed by atoms with Gasteiger partial charge in [-0.1, -0.05) is 16.4 Å². The Labute approximate surface area is 117 Å². The molecule has 0 aliphatic carbocycles. The number of rotatable bonds is 4. The molecule has 0 fully saturated rings. The van der Waals surface area contributed by atoms with Crippen LogP contribution in [0.25, 0.3) is 0 Å². The van der Waals surface area contributed by atoms with Crippen LogP contribution in [0.3, 0.4) is 0 Å². The highest BCUT2D eigenvalue weighted by atomic mass is 16.5. The van der Waals surface area contributed by atoms with E-state index >= 15 is 0 Å². The summed E-state index contributed by atoms with van der Waals surface area (Å²) in [5.74, 6) is 0.244. The Balaban J connectivity index is 2.32. The minimum absolute atomic E-state index is 0.116. The highest BCUT2D eigenvalue weighted by molar-refractivity contribution is 5.89. The van der Waals surface area contributed by atoms with Gasteiger partial charge in [0.25, 0.3) is 5.88 Å². The first-order valence-electron chi connectivity index (χ1n) is 6.36. The predicted octanol–water partition coefficient (Wildman–Crippen LogP) is 2.70. The molecular weight excluding hydrogens is 258 g/mol. The molecule has 1 aromatic heterocycles. The predicted molar refractivity (Wildman–Crippen MR) is 73.1 cm³/mol. The molecule has 0 saturated carbocycles. The van der Waals surface area contributed by atoms with E-state index in [1.54, 1.807) is 6.92 Å². The third-order valence-corrected chi connectivity index (χ3v) is 2.97. The quantitative estimate of drug-likeness (QED) is 0.868. The molecule has 0 atom stereocenters. The minimum atomic E-state index is -0.533. The Morgan fingerprint density at radius 1 is 1.30 bits per heavy atom. The first kappa shape index (κ1) is 14.0. The van der Waals surface area contributed by atoms with Crippen molar-refractivity contribution >= 4 is 5.97 Å². The molecule has 0 unspecified atom stereocenters. The monoisotopic (exact) mass is 275 g/mol. The molecule has 0 amide bonds. The van der Waals surface area contributed by atoms with Gasteiger partial charge >= 0.3 is 5.97 Å². The molecule has 6 nitrogen and oxygen atoms in total. The second kappa shape index (κ2) is 5.73. The van der Waals surface area contributed by atoms with Gasteiger partial charge in [-0.05, 0) is 50.5 Å². The number of ether oxygens (including phenoxy) is 2. The van der Waals surface area contributed by atoms with Gasteiger partial charge in [0.05, 0.1) is 6.61 Å². The van der Waals surface area contributed by atoms with Crippen LogP contribution in [0, 0.1) is 20.8 Å². The molecule has 1 N–H and O–H groups in total. The molecule has 20 heavy (non-hydrogen) atoms. The zero-order valence-electron chi connectivity index (χ0n) is 12.0. The van der Waals surface area contributed by atoms with Gasteiger partial charge in [-0.15, -0.1) is 0 Å². The van der Waals surface area contributed by atoms with Crippen molar-refractivity contribution in [2.75, 3.05) is 6.61 Å². The van der Waals surface area contributed by atoms with E-state index in [4.69, 9.17) is 9.47 Å². The third-order valence-electron chi connectivity index (χ3n) is 2.97. The van der Waals surface area contributed by atoms with Gasteiger partial charge in [0.1, 0.15) is 5.75 Å². The fourth-order valence-electron chi connectivity index (χ4n) is 1.84. The third kappa shape index (κ3) is 2.79. The van der Waals surface area contributed by atoms with E-state index in [2.05, 4.69) is 21.5 Å². The average Bonchev–Trinajstić information content (AvgIpc) is 2.84. The standard InChI is InChI=1S/C14H17N3O3/c1-5-19-14(18)12-13(16-17-15-12)20-11-7-8(2)6-9(3)10(11)4/h6-7H,5H2,1-4H3,(H,15,16,17). The van der Waals surface area contributed by atoms with Crippen LogP contribution in [0.4, 0.5) is 0 Å². The summed E-state index contributed by atoms with van der Waals surface area (Å²) in [6.45, 7) is 7.95. The lowest BCUT2D eigenvalue weighted by atomic mass is 10.1. The number of H-pyrrole nitrogens is 1. The van der Waals surface area contributed by atoms with Crippen LogP contribution in [0.1, 0.15) is 34.1 Å². The van der Waals surface area contributed by atoms with Gasteiger partial charge in [0, 0.05) is 0 Å². The number of aromatic nitrogens is 3. The van der Waals surface area contributed by atoms with Gasteiger partial charge < -0.3 is 9.47 Å². The van der Waals surface area contributed by atoms with Gasteiger partial charge in [-0.25, -0.2) is 9.89 Å². The molecule has 6 heteroatoms. The van der Waals surface area contributed by atoms with Crippen LogP contribution in [-0.2, 0) is 4.74 Å². The van der Waals surface area contributed by atoms with Crippen LogP contribution < -0.4 is 4.74 Å². The number of carbonyl (C=O) groups excluding carboxylic acids is 1. The Kier molecular flexibility index (Phi) is 4.02. The van der Waals surface area contributed by atoms with Crippen molar-refractivity contribution in [3.8, 4) is 11.6 Å². The van der Waals surface area contributed by atoms with E-state index in [0.717, 1.165) is 16.7 Å². The molecule has 2 aromatic rings. The maximum Gasteiger partial charge on any atom is 0.362 e. The number of aryl methyl sites for hydroxylation is 2. The summed E-state index contributed by atoms with van der Waals surface area (Å²) in [5.41, 5.74) is 3.30. The van der Waals surface area contributed by atoms with Crippen molar-refractivity contribution < 1.29 is 14.3 Å². The Bertz CT molecular complexity index is 635. The maximum atomic E-state index is 11.7. The SMILES string of the molecule is CCOC(=O)c1[nH]nnc1Oc1cc(C)cc(C)c1C. The van der Waals surface area contributed by atoms with Crippen LogP contribution in [0.2, 0.25) is 0 Å². The normalized spacial score (nSPS) is 10.4. The molecule has 0 saturated heterocycles. The summed E-state index contributed by atoms with van der Waals surface area (Å²) in [5, 5.41) is 9.88. The molecule has 0 aliphatic rings. The minimum Gasteiger partial charge on any atom is -0.461 e.